The molecule has 0 fully saturated rings. The molecule has 0 radical (unpaired) electrons. The first-order valence-corrected chi connectivity index (χ1v) is 4.35. The van der Waals surface area contributed by atoms with Gasteiger partial charge in [-0.3, -0.25) is 0 Å². The van der Waals surface area contributed by atoms with Crippen molar-refractivity contribution in [3.8, 4) is 5.75 Å². The molecule has 0 aromatic heterocycles. The van der Waals surface area contributed by atoms with Crippen molar-refractivity contribution in [2.75, 3.05) is 19.5 Å². The minimum absolute atomic E-state index is 0.162. The van der Waals surface area contributed by atoms with Crippen LogP contribution in [0.15, 0.2) is 18.2 Å². The third kappa shape index (κ3) is 1.97. The molecule has 0 heterocycles. The number of anilines is 1. The highest BCUT2D eigenvalue weighted by molar-refractivity contribution is 5.53. The van der Waals surface area contributed by atoms with Crippen molar-refractivity contribution in [3.63, 3.8) is 0 Å². The molecule has 5 N–H and O–H groups in total. The average Bonchev–Trinajstić information content (AvgIpc) is 2.18. The quantitative estimate of drug-likeness (QED) is 0.613. The van der Waals surface area contributed by atoms with Crippen molar-refractivity contribution in [2.45, 2.75) is 12.5 Å². The Kier molecular flexibility index (Phi) is 2.98. The highest BCUT2D eigenvalue weighted by Gasteiger charge is 2.23. The summed E-state index contributed by atoms with van der Waals surface area (Å²) >= 11 is 0. The monoisotopic (exact) mass is 196 g/mol. The lowest BCUT2D eigenvalue weighted by atomic mass is 9.92. The number of aliphatic hydroxyl groups excluding tert-OH is 1. The number of hydrogen-bond acceptors (Lipinski definition) is 4. The molecular formula is C10H16N2O2. The molecule has 0 saturated heterocycles. The van der Waals surface area contributed by atoms with Crippen molar-refractivity contribution >= 4 is 5.69 Å². The van der Waals surface area contributed by atoms with E-state index in [1.165, 1.54) is 0 Å². The van der Waals surface area contributed by atoms with Gasteiger partial charge in [0.15, 0.2) is 0 Å². The van der Waals surface area contributed by atoms with Crippen LogP contribution in [0.1, 0.15) is 12.5 Å². The van der Waals surface area contributed by atoms with Crippen LogP contribution in [0.2, 0.25) is 0 Å². The summed E-state index contributed by atoms with van der Waals surface area (Å²) in [7, 11) is 1.57. The van der Waals surface area contributed by atoms with Gasteiger partial charge >= 0.3 is 0 Å². The summed E-state index contributed by atoms with van der Waals surface area (Å²) in [4.78, 5) is 0. The molecule has 78 valence electrons. The Bertz CT molecular complexity index is 324. The number of hydrogen-bond donors (Lipinski definition) is 3. The molecule has 0 unspecified atom stereocenters. The van der Waals surface area contributed by atoms with Gasteiger partial charge in [-0.05, 0) is 25.1 Å². The fourth-order valence-electron chi connectivity index (χ4n) is 1.24. The highest BCUT2D eigenvalue weighted by Crippen LogP contribution is 2.27. The lowest BCUT2D eigenvalue weighted by molar-refractivity contribution is 0.210. The molecule has 4 nitrogen and oxygen atoms in total. The molecule has 1 atom stereocenters. The number of ether oxygens (including phenoxy) is 1. The van der Waals surface area contributed by atoms with Crippen molar-refractivity contribution in [1.82, 2.24) is 0 Å². The van der Waals surface area contributed by atoms with E-state index in [-0.39, 0.29) is 6.61 Å². The van der Waals surface area contributed by atoms with Crippen molar-refractivity contribution < 1.29 is 9.84 Å². The number of nitrogens with two attached hydrogens (primary N) is 2. The van der Waals surface area contributed by atoms with Crippen LogP contribution in [0.4, 0.5) is 5.69 Å². The van der Waals surface area contributed by atoms with E-state index in [1.807, 2.05) is 0 Å². The van der Waals surface area contributed by atoms with E-state index >= 15 is 0 Å². The van der Waals surface area contributed by atoms with Crippen LogP contribution < -0.4 is 16.2 Å². The number of rotatable bonds is 3. The molecule has 0 aliphatic carbocycles. The van der Waals surface area contributed by atoms with Gasteiger partial charge in [0, 0.05) is 11.3 Å². The zero-order valence-electron chi connectivity index (χ0n) is 8.45. The molecule has 0 spiro atoms. The summed E-state index contributed by atoms with van der Waals surface area (Å²) in [6.45, 7) is 1.56. The molecule has 0 aliphatic rings. The van der Waals surface area contributed by atoms with Crippen molar-refractivity contribution in [3.05, 3.63) is 23.8 Å². The Morgan fingerprint density at radius 1 is 1.50 bits per heavy atom. The molecule has 1 aromatic rings. The first-order chi connectivity index (χ1) is 6.51. The third-order valence-electron chi connectivity index (χ3n) is 2.20. The molecular weight excluding hydrogens is 180 g/mol. The minimum Gasteiger partial charge on any atom is -0.497 e. The van der Waals surface area contributed by atoms with E-state index in [0.717, 1.165) is 0 Å². The van der Waals surface area contributed by atoms with E-state index in [0.29, 0.717) is 17.0 Å². The van der Waals surface area contributed by atoms with Gasteiger partial charge in [0.05, 0.1) is 19.3 Å². The van der Waals surface area contributed by atoms with Gasteiger partial charge in [0.25, 0.3) is 0 Å². The number of benzene rings is 1. The Balaban J connectivity index is 3.18. The smallest absolute Gasteiger partial charge is 0.119 e. The summed E-state index contributed by atoms with van der Waals surface area (Å²) in [5.74, 6) is 0.680. The van der Waals surface area contributed by atoms with Crippen LogP contribution in [-0.4, -0.2) is 18.8 Å². The summed E-state index contributed by atoms with van der Waals surface area (Å²) < 4.78 is 5.06. The highest BCUT2D eigenvalue weighted by atomic mass is 16.5. The van der Waals surface area contributed by atoms with Gasteiger partial charge in [-0.15, -0.1) is 0 Å². The minimum atomic E-state index is -0.835. The third-order valence-corrected chi connectivity index (χ3v) is 2.20. The second-order valence-electron chi connectivity index (χ2n) is 3.53. The van der Waals surface area contributed by atoms with Crippen molar-refractivity contribution in [2.24, 2.45) is 5.73 Å². The van der Waals surface area contributed by atoms with E-state index in [4.69, 9.17) is 21.3 Å². The van der Waals surface area contributed by atoms with Crippen molar-refractivity contribution in [1.29, 1.82) is 0 Å². The lowest BCUT2D eigenvalue weighted by Gasteiger charge is -2.24. The normalized spacial score (nSPS) is 14.9. The second kappa shape index (κ2) is 3.86. The van der Waals surface area contributed by atoms with Crippen LogP contribution >= 0.6 is 0 Å². The number of nitrogen functional groups attached to an aromatic ring is 1. The molecule has 0 saturated carbocycles. The fourth-order valence-corrected chi connectivity index (χ4v) is 1.24. The van der Waals surface area contributed by atoms with Crippen LogP contribution in [0.25, 0.3) is 0 Å². The molecule has 0 amide bonds. The zero-order valence-corrected chi connectivity index (χ0v) is 8.45. The van der Waals surface area contributed by atoms with Gasteiger partial charge in [0.1, 0.15) is 5.75 Å². The second-order valence-corrected chi connectivity index (χ2v) is 3.53. The predicted octanol–water partition coefficient (Wildman–Crippen LogP) is 0.444. The molecule has 0 aliphatic heterocycles. The van der Waals surface area contributed by atoms with Crippen LogP contribution in [0, 0.1) is 0 Å². The standard InChI is InChI=1S/C10H16N2O2/c1-10(12,6-13)8-5-7(14-2)3-4-9(8)11/h3-5,13H,6,11-12H2,1-2H3/t10-/m0/s1. The first-order valence-electron chi connectivity index (χ1n) is 4.35. The van der Waals surface area contributed by atoms with Crippen LogP contribution in [0.3, 0.4) is 0 Å². The summed E-state index contributed by atoms with van der Waals surface area (Å²) in [6, 6.07) is 5.22. The number of aliphatic hydroxyl groups is 1. The lowest BCUT2D eigenvalue weighted by Crippen LogP contribution is -2.37. The Labute approximate surface area is 83.5 Å². The Hall–Kier alpha value is -1.26. The average molecular weight is 196 g/mol. The van der Waals surface area contributed by atoms with Gasteiger partial charge in [-0.1, -0.05) is 0 Å². The first kappa shape index (κ1) is 10.8. The maximum Gasteiger partial charge on any atom is 0.119 e. The predicted molar refractivity (Wildman–Crippen MR) is 56.0 cm³/mol. The van der Waals surface area contributed by atoms with Gasteiger partial charge in [0.2, 0.25) is 0 Å². The van der Waals surface area contributed by atoms with Gasteiger partial charge in [-0.2, -0.15) is 0 Å². The molecule has 14 heavy (non-hydrogen) atoms. The van der Waals surface area contributed by atoms with E-state index in [9.17, 15) is 0 Å². The Morgan fingerprint density at radius 3 is 2.64 bits per heavy atom. The maximum absolute atomic E-state index is 9.11. The maximum atomic E-state index is 9.11. The molecule has 1 rings (SSSR count). The summed E-state index contributed by atoms with van der Waals surface area (Å²) in [5, 5.41) is 9.11. The van der Waals surface area contributed by atoms with E-state index < -0.39 is 5.54 Å². The zero-order chi connectivity index (χ0) is 10.8. The van der Waals surface area contributed by atoms with Crippen LogP contribution in [0.5, 0.6) is 5.75 Å². The largest absolute Gasteiger partial charge is 0.497 e. The molecule has 1 aromatic carbocycles. The molecule has 4 heteroatoms. The fraction of sp³-hybridized carbons (Fsp3) is 0.400. The molecule has 0 bridgehead atoms. The van der Waals surface area contributed by atoms with E-state index in [1.54, 1.807) is 32.2 Å². The SMILES string of the molecule is COc1ccc(N)c([C@@](C)(N)CO)c1. The van der Waals surface area contributed by atoms with Gasteiger partial charge in [-0.25, -0.2) is 0 Å². The Morgan fingerprint density at radius 2 is 2.14 bits per heavy atom. The van der Waals surface area contributed by atoms with Gasteiger partial charge < -0.3 is 21.3 Å². The van der Waals surface area contributed by atoms with Crippen LogP contribution in [-0.2, 0) is 5.54 Å². The topological polar surface area (TPSA) is 81.5 Å². The summed E-state index contributed by atoms with van der Waals surface area (Å²) in [6.07, 6.45) is 0. The summed E-state index contributed by atoms with van der Waals surface area (Å²) in [5.41, 5.74) is 12.1. The number of methoxy groups -OCH3 is 1. The van der Waals surface area contributed by atoms with E-state index in [2.05, 4.69) is 0 Å².